The summed E-state index contributed by atoms with van der Waals surface area (Å²) >= 11 is 5.96. The van der Waals surface area contributed by atoms with Gasteiger partial charge in [0.25, 0.3) is 0 Å². The molecule has 1 aromatic carbocycles. The maximum absolute atomic E-state index is 5.96. The van der Waals surface area contributed by atoms with Gasteiger partial charge in [0, 0.05) is 17.6 Å². The van der Waals surface area contributed by atoms with Crippen molar-refractivity contribution in [3.05, 3.63) is 34.9 Å². The quantitative estimate of drug-likeness (QED) is 0.835. The van der Waals surface area contributed by atoms with E-state index in [2.05, 4.69) is 18.3 Å². The lowest BCUT2D eigenvalue weighted by Crippen LogP contribution is -2.31. The zero-order chi connectivity index (χ0) is 11.4. The molecule has 0 amide bonds. The number of hydrogen-bond acceptors (Lipinski definition) is 1. The first-order valence-electron chi connectivity index (χ1n) is 6.23. The molecule has 0 bridgehead atoms. The number of hydrogen-bond donors (Lipinski definition) is 1. The lowest BCUT2D eigenvalue weighted by molar-refractivity contribution is 0.380. The van der Waals surface area contributed by atoms with Crippen molar-refractivity contribution >= 4 is 11.6 Å². The molecule has 1 aliphatic rings. The Morgan fingerprint density at radius 1 is 1.38 bits per heavy atom. The molecule has 0 unspecified atom stereocenters. The van der Waals surface area contributed by atoms with E-state index in [-0.39, 0.29) is 0 Å². The minimum atomic E-state index is 0.626. The SMILES string of the molecule is C[C@@H](NCc1cccc(Cl)c1)C1CCCC1. The summed E-state index contributed by atoms with van der Waals surface area (Å²) in [5, 5.41) is 4.44. The molecule has 2 rings (SSSR count). The van der Waals surface area contributed by atoms with E-state index in [1.54, 1.807) is 0 Å². The fourth-order valence-corrected chi connectivity index (χ4v) is 2.76. The molecular weight excluding hydrogens is 218 g/mol. The standard InChI is InChI=1S/C14H20ClN/c1-11(13-6-2-3-7-13)16-10-12-5-4-8-14(15)9-12/h4-5,8-9,11,13,16H,2-3,6-7,10H2,1H3/t11-/m1/s1. The van der Waals surface area contributed by atoms with Crippen molar-refractivity contribution in [2.45, 2.75) is 45.2 Å². The summed E-state index contributed by atoms with van der Waals surface area (Å²) in [6, 6.07) is 8.72. The lowest BCUT2D eigenvalue weighted by atomic mass is 9.99. The summed E-state index contributed by atoms with van der Waals surface area (Å²) in [5.74, 6) is 0.874. The Morgan fingerprint density at radius 3 is 2.81 bits per heavy atom. The van der Waals surface area contributed by atoms with Gasteiger partial charge in [-0.1, -0.05) is 36.6 Å². The summed E-state index contributed by atoms with van der Waals surface area (Å²) in [6.45, 7) is 3.23. The highest BCUT2D eigenvalue weighted by Crippen LogP contribution is 2.27. The molecule has 0 spiro atoms. The van der Waals surface area contributed by atoms with Crippen LogP contribution in [-0.2, 0) is 6.54 Å². The maximum Gasteiger partial charge on any atom is 0.0409 e. The molecule has 1 fully saturated rings. The molecule has 1 atom stereocenters. The van der Waals surface area contributed by atoms with Gasteiger partial charge >= 0.3 is 0 Å². The van der Waals surface area contributed by atoms with E-state index in [1.807, 2.05) is 18.2 Å². The van der Waals surface area contributed by atoms with Crippen LogP contribution in [0.15, 0.2) is 24.3 Å². The Morgan fingerprint density at radius 2 is 2.12 bits per heavy atom. The minimum Gasteiger partial charge on any atom is -0.310 e. The fourth-order valence-electron chi connectivity index (χ4n) is 2.55. The normalized spacial score (nSPS) is 18.9. The molecule has 1 saturated carbocycles. The van der Waals surface area contributed by atoms with Gasteiger partial charge in [0.15, 0.2) is 0 Å². The summed E-state index contributed by atoms with van der Waals surface area (Å²) in [6.07, 6.45) is 5.61. The van der Waals surface area contributed by atoms with Gasteiger partial charge in [0.1, 0.15) is 0 Å². The second kappa shape index (κ2) is 5.70. The van der Waals surface area contributed by atoms with E-state index in [0.29, 0.717) is 6.04 Å². The first kappa shape index (κ1) is 11.9. The van der Waals surface area contributed by atoms with Gasteiger partial charge in [-0.2, -0.15) is 0 Å². The molecule has 1 N–H and O–H groups in total. The predicted octanol–water partition coefficient (Wildman–Crippen LogP) is 4.01. The Bertz CT molecular complexity index is 331. The van der Waals surface area contributed by atoms with Gasteiger partial charge in [-0.25, -0.2) is 0 Å². The Kier molecular flexibility index (Phi) is 4.25. The van der Waals surface area contributed by atoms with Crippen LogP contribution in [0.3, 0.4) is 0 Å². The van der Waals surface area contributed by atoms with E-state index < -0.39 is 0 Å². The van der Waals surface area contributed by atoms with Gasteiger partial charge in [0.2, 0.25) is 0 Å². The molecule has 0 heterocycles. The first-order valence-corrected chi connectivity index (χ1v) is 6.61. The molecule has 0 aliphatic heterocycles. The van der Waals surface area contributed by atoms with Crippen LogP contribution in [0.25, 0.3) is 0 Å². The molecule has 0 saturated heterocycles. The third-order valence-corrected chi connectivity index (χ3v) is 3.86. The van der Waals surface area contributed by atoms with Gasteiger partial charge in [0.05, 0.1) is 0 Å². The molecule has 1 nitrogen and oxygen atoms in total. The summed E-state index contributed by atoms with van der Waals surface area (Å²) in [7, 11) is 0. The topological polar surface area (TPSA) is 12.0 Å². The van der Waals surface area contributed by atoms with Crippen LogP contribution in [0.5, 0.6) is 0 Å². The van der Waals surface area contributed by atoms with E-state index >= 15 is 0 Å². The number of nitrogens with one attached hydrogen (secondary N) is 1. The largest absolute Gasteiger partial charge is 0.310 e. The first-order chi connectivity index (χ1) is 7.75. The van der Waals surface area contributed by atoms with Crippen molar-refractivity contribution in [1.29, 1.82) is 0 Å². The van der Waals surface area contributed by atoms with Crippen LogP contribution < -0.4 is 5.32 Å². The second-order valence-electron chi connectivity index (χ2n) is 4.84. The summed E-state index contributed by atoms with van der Waals surface area (Å²) < 4.78 is 0. The Labute approximate surface area is 103 Å². The third kappa shape index (κ3) is 3.23. The highest BCUT2D eigenvalue weighted by Gasteiger charge is 2.20. The lowest BCUT2D eigenvalue weighted by Gasteiger charge is -2.20. The fraction of sp³-hybridized carbons (Fsp3) is 0.571. The zero-order valence-electron chi connectivity index (χ0n) is 9.88. The van der Waals surface area contributed by atoms with E-state index in [9.17, 15) is 0 Å². The van der Waals surface area contributed by atoms with E-state index in [1.165, 1.54) is 31.2 Å². The van der Waals surface area contributed by atoms with Crippen LogP contribution in [0, 0.1) is 5.92 Å². The van der Waals surface area contributed by atoms with Crippen LogP contribution in [0.4, 0.5) is 0 Å². The molecule has 0 radical (unpaired) electrons. The summed E-state index contributed by atoms with van der Waals surface area (Å²) in [5.41, 5.74) is 1.28. The van der Waals surface area contributed by atoms with Crippen LogP contribution in [0.1, 0.15) is 38.2 Å². The third-order valence-electron chi connectivity index (χ3n) is 3.62. The molecule has 0 aromatic heterocycles. The van der Waals surface area contributed by atoms with Gasteiger partial charge < -0.3 is 5.32 Å². The van der Waals surface area contributed by atoms with Crippen molar-refractivity contribution in [2.75, 3.05) is 0 Å². The van der Waals surface area contributed by atoms with Crippen LogP contribution in [0.2, 0.25) is 5.02 Å². The molecule has 88 valence electrons. The zero-order valence-corrected chi connectivity index (χ0v) is 10.6. The smallest absolute Gasteiger partial charge is 0.0409 e. The van der Waals surface area contributed by atoms with Gasteiger partial charge in [-0.15, -0.1) is 0 Å². The van der Waals surface area contributed by atoms with Crippen LogP contribution >= 0.6 is 11.6 Å². The Balaban J connectivity index is 1.82. The van der Waals surface area contributed by atoms with Gasteiger partial charge in [-0.3, -0.25) is 0 Å². The average Bonchev–Trinajstić information content (AvgIpc) is 2.79. The average molecular weight is 238 g/mol. The predicted molar refractivity (Wildman–Crippen MR) is 69.7 cm³/mol. The Hall–Kier alpha value is -0.530. The summed E-state index contributed by atoms with van der Waals surface area (Å²) in [4.78, 5) is 0. The van der Waals surface area contributed by atoms with Crippen molar-refractivity contribution in [1.82, 2.24) is 5.32 Å². The van der Waals surface area contributed by atoms with Crippen LogP contribution in [-0.4, -0.2) is 6.04 Å². The van der Waals surface area contributed by atoms with Crippen molar-refractivity contribution in [2.24, 2.45) is 5.92 Å². The van der Waals surface area contributed by atoms with E-state index in [0.717, 1.165) is 17.5 Å². The maximum atomic E-state index is 5.96. The molecular formula is C14H20ClN. The highest BCUT2D eigenvalue weighted by molar-refractivity contribution is 6.30. The van der Waals surface area contributed by atoms with Crippen molar-refractivity contribution < 1.29 is 0 Å². The number of rotatable bonds is 4. The van der Waals surface area contributed by atoms with Crippen molar-refractivity contribution in [3.63, 3.8) is 0 Å². The molecule has 16 heavy (non-hydrogen) atoms. The monoisotopic (exact) mass is 237 g/mol. The molecule has 1 aromatic rings. The highest BCUT2D eigenvalue weighted by atomic mass is 35.5. The second-order valence-corrected chi connectivity index (χ2v) is 5.28. The molecule has 1 aliphatic carbocycles. The van der Waals surface area contributed by atoms with E-state index in [4.69, 9.17) is 11.6 Å². The van der Waals surface area contributed by atoms with Crippen molar-refractivity contribution in [3.8, 4) is 0 Å². The number of benzene rings is 1. The minimum absolute atomic E-state index is 0.626. The molecule has 2 heteroatoms. The number of halogens is 1. The van der Waals surface area contributed by atoms with Gasteiger partial charge in [-0.05, 0) is 43.4 Å².